The Kier molecular flexibility index (Phi) is 2.71. The summed E-state index contributed by atoms with van der Waals surface area (Å²) in [4.78, 5) is 4.42. The topological polar surface area (TPSA) is 36.7 Å². The number of halogens is 1. The second-order valence-corrected chi connectivity index (χ2v) is 6.41. The molecule has 0 aliphatic heterocycles. The van der Waals surface area contributed by atoms with Crippen molar-refractivity contribution >= 4 is 15.9 Å². The molecule has 3 atom stereocenters. The number of hydrogen-bond acceptors (Lipinski definition) is 2. The van der Waals surface area contributed by atoms with E-state index in [-0.39, 0.29) is 5.41 Å². The molecule has 0 aromatic carbocycles. The maximum Gasteiger partial charge on any atom is 0.0696 e. The van der Waals surface area contributed by atoms with Crippen molar-refractivity contribution in [1.29, 1.82) is 5.26 Å². The summed E-state index contributed by atoms with van der Waals surface area (Å²) in [7, 11) is 0. The number of pyridine rings is 1. The summed E-state index contributed by atoms with van der Waals surface area (Å²) in [6.07, 6.45) is 7.60. The van der Waals surface area contributed by atoms with Gasteiger partial charge in [0.2, 0.25) is 0 Å². The Morgan fingerprint density at radius 1 is 1.47 bits per heavy atom. The SMILES string of the molecule is N#CC1(Cc2ccc(Br)cn2)CC2CCC1C2. The number of fused-ring (bicyclic) bond motifs is 2. The summed E-state index contributed by atoms with van der Waals surface area (Å²) in [5.74, 6) is 1.41. The van der Waals surface area contributed by atoms with E-state index in [0.29, 0.717) is 5.92 Å². The van der Waals surface area contributed by atoms with Crippen LogP contribution in [0.3, 0.4) is 0 Å². The smallest absolute Gasteiger partial charge is 0.0696 e. The molecule has 1 aromatic heterocycles. The molecule has 17 heavy (non-hydrogen) atoms. The monoisotopic (exact) mass is 290 g/mol. The van der Waals surface area contributed by atoms with Gasteiger partial charge in [-0.15, -0.1) is 0 Å². The van der Waals surface area contributed by atoms with Gasteiger partial charge >= 0.3 is 0 Å². The summed E-state index contributed by atoms with van der Waals surface area (Å²) >= 11 is 3.39. The average Bonchev–Trinajstić information content (AvgIpc) is 2.93. The lowest BCUT2D eigenvalue weighted by atomic mass is 9.71. The normalized spacial score (nSPS) is 34.8. The van der Waals surface area contributed by atoms with E-state index in [1.165, 1.54) is 19.3 Å². The van der Waals surface area contributed by atoms with E-state index in [9.17, 15) is 5.26 Å². The van der Waals surface area contributed by atoms with Crippen LogP contribution in [-0.4, -0.2) is 4.98 Å². The molecule has 1 heterocycles. The van der Waals surface area contributed by atoms with Gasteiger partial charge in [0.05, 0.1) is 11.5 Å². The lowest BCUT2D eigenvalue weighted by molar-refractivity contribution is 0.237. The molecular weight excluding hydrogens is 276 g/mol. The molecular formula is C14H15BrN2. The first-order valence-electron chi connectivity index (χ1n) is 6.23. The first kappa shape index (κ1) is 11.2. The minimum absolute atomic E-state index is 0.121. The summed E-state index contributed by atoms with van der Waals surface area (Å²) in [6.45, 7) is 0. The van der Waals surface area contributed by atoms with Crippen LogP contribution in [0.15, 0.2) is 22.8 Å². The van der Waals surface area contributed by atoms with Crippen molar-refractivity contribution in [3.05, 3.63) is 28.5 Å². The highest BCUT2D eigenvalue weighted by atomic mass is 79.9. The largest absolute Gasteiger partial charge is 0.260 e. The van der Waals surface area contributed by atoms with Crippen molar-refractivity contribution in [3.63, 3.8) is 0 Å². The Hall–Kier alpha value is -0.880. The Bertz CT molecular complexity index is 462. The van der Waals surface area contributed by atoms with Gasteiger partial charge in [-0.3, -0.25) is 4.98 Å². The molecule has 0 radical (unpaired) electrons. The number of nitrogens with zero attached hydrogens (tertiary/aromatic N) is 2. The fraction of sp³-hybridized carbons (Fsp3) is 0.571. The zero-order valence-corrected chi connectivity index (χ0v) is 11.3. The number of nitriles is 1. The van der Waals surface area contributed by atoms with Gasteiger partial charge in [-0.05, 0) is 59.2 Å². The highest BCUT2D eigenvalue weighted by molar-refractivity contribution is 9.10. The van der Waals surface area contributed by atoms with E-state index >= 15 is 0 Å². The fourth-order valence-electron chi connectivity index (χ4n) is 3.67. The Balaban J connectivity index is 1.84. The molecule has 0 spiro atoms. The average molecular weight is 291 g/mol. The predicted octanol–water partition coefficient (Wildman–Crippen LogP) is 3.72. The predicted molar refractivity (Wildman–Crippen MR) is 69.1 cm³/mol. The zero-order chi connectivity index (χ0) is 11.9. The fourth-order valence-corrected chi connectivity index (χ4v) is 3.91. The maximum absolute atomic E-state index is 9.57. The van der Waals surface area contributed by atoms with Gasteiger partial charge in [0.1, 0.15) is 0 Å². The third-order valence-corrected chi connectivity index (χ3v) is 4.95. The highest BCUT2D eigenvalue weighted by Crippen LogP contribution is 2.56. The van der Waals surface area contributed by atoms with E-state index in [0.717, 1.165) is 28.9 Å². The Labute approximate surface area is 110 Å². The van der Waals surface area contributed by atoms with Crippen LogP contribution in [-0.2, 0) is 6.42 Å². The van der Waals surface area contributed by atoms with Crippen LogP contribution in [0.5, 0.6) is 0 Å². The molecule has 2 fully saturated rings. The Morgan fingerprint density at radius 3 is 2.88 bits per heavy atom. The van der Waals surface area contributed by atoms with Gasteiger partial charge in [0, 0.05) is 22.8 Å². The molecule has 2 aliphatic rings. The highest BCUT2D eigenvalue weighted by Gasteiger charge is 2.51. The van der Waals surface area contributed by atoms with Gasteiger partial charge in [0.25, 0.3) is 0 Å². The first-order valence-corrected chi connectivity index (χ1v) is 7.03. The summed E-state index contributed by atoms with van der Waals surface area (Å²) < 4.78 is 1.00. The third kappa shape index (κ3) is 1.89. The molecule has 0 amide bonds. The van der Waals surface area contributed by atoms with E-state index in [1.807, 2.05) is 18.3 Å². The molecule has 2 nitrogen and oxygen atoms in total. The van der Waals surface area contributed by atoms with Crippen molar-refractivity contribution in [2.75, 3.05) is 0 Å². The molecule has 0 saturated heterocycles. The van der Waals surface area contributed by atoms with Gasteiger partial charge in [-0.1, -0.05) is 6.42 Å². The minimum Gasteiger partial charge on any atom is -0.260 e. The molecule has 3 heteroatoms. The van der Waals surface area contributed by atoms with Crippen LogP contribution >= 0.6 is 15.9 Å². The van der Waals surface area contributed by atoms with Crippen LogP contribution in [0.2, 0.25) is 0 Å². The van der Waals surface area contributed by atoms with Crippen molar-refractivity contribution in [1.82, 2.24) is 4.98 Å². The van der Waals surface area contributed by atoms with E-state index in [1.54, 1.807) is 0 Å². The van der Waals surface area contributed by atoms with Gasteiger partial charge < -0.3 is 0 Å². The van der Waals surface area contributed by atoms with E-state index in [4.69, 9.17) is 0 Å². The summed E-state index contributed by atoms with van der Waals surface area (Å²) in [5.41, 5.74) is 0.936. The molecule has 0 N–H and O–H groups in total. The molecule has 3 rings (SSSR count). The van der Waals surface area contributed by atoms with Crippen molar-refractivity contribution < 1.29 is 0 Å². The van der Waals surface area contributed by atoms with Crippen molar-refractivity contribution in [2.24, 2.45) is 17.3 Å². The van der Waals surface area contributed by atoms with Crippen molar-refractivity contribution in [3.8, 4) is 6.07 Å². The molecule has 3 unspecified atom stereocenters. The summed E-state index contributed by atoms with van der Waals surface area (Å²) in [5, 5.41) is 9.57. The summed E-state index contributed by atoms with van der Waals surface area (Å²) in [6, 6.07) is 6.67. The standard InChI is InChI=1S/C14H15BrN2/c15-12-3-4-13(17-8-12)7-14(9-16)6-10-1-2-11(14)5-10/h3-4,8,10-11H,1-2,5-7H2. The van der Waals surface area contributed by atoms with Gasteiger partial charge in [0.15, 0.2) is 0 Å². The maximum atomic E-state index is 9.57. The second kappa shape index (κ2) is 4.10. The van der Waals surface area contributed by atoms with Crippen LogP contribution in [0.25, 0.3) is 0 Å². The van der Waals surface area contributed by atoms with Crippen LogP contribution in [0.4, 0.5) is 0 Å². The zero-order valence-electron chi connectivity index (χ0n) is 9.69. The van der Waals surface area contributed by atoms with Gasteiger partial charge in [-0.25, -0.2) is 0 Å². The number of rotatable bonds is 2. The Morgan fingerprint density at radius 2 is 2.35 bits per heavy atom. The first-order chi connectivity index (χ1) is 8.22. The lowest BCUT2D eigenvalue weighted by Gasteiger charge is -2.30. The third-order valence-electron chi connectivity index (χ3n) is 4.48. The molecule has 88 valence electrons. The van der Waals surface area contributed by atoms with Gasteiger partial charge in [-0.2, -0.15) is 5.26 Å². The second-order valence-electron chi connectivity index (χ2n) is 5.49. The quantitative estimate of drug-likeness (QED) is 0.832. The van der Waals surface area contributed by atoms with E-state index in [2.05, 4.69) is 27.0 Å². The number of hydrogen-bond donors (Lipinski definition) is 0. The van der Waals surface area contributed by atoms with Crippen molar-refractivity contribution in [2.45, 2.75) is 32.1 Å². The lowest BCUT2D eigenvalue weighted by Crippen LogP contribution is -2.28. The molecule has 1 aromatic rings. The minimum atomic E-state index is -0.121. The van der Waals surface area contributed by atoms with E-state index < -0.39 is 0 Å². The molecule has 2 saturated carbocycles. The van der Waals surface area contributed by atoms with Crippen LogP contribution in [0, 0.1) is 28.6 Å². The van der Waals surface area contributed by atoms with Crippen LogP contribution < -0.4 is 0 Å². The molecule has 2 bridgehead atoms. The number of aromatic nitrogens is 1. The van der Waals surface area contributed by atoms with Crippen LogP contribution in [0.1, 0.15) is 31.4 Å². The molecule has 2 aliphatic carbocycles.